The normalized spacial score (nSPS) is 12.0. The van der Waals surface area contributed by atoms with Crippen LogP contribution >= 0.6 is 27.5 Å². The average molecular weight is 407 g/mol. The number of halogens is 5. The van der Waals surface area contributed by atoms with Gasteiger partial charge in [-0.3, -0.25) is 0 Å². The van der Waals surface area contributed by atoms with Crippen molar-refractivity contribution in [3.05, 3.63) is 45.3 Å². The fraction of sp³-hybridized carbons (Fsp3) is 0.154. The van der Waals surface area contributed by atoms with E-state index in [0.717, 1.165) is 6.07 Å². The van der Waals surface area contributed by atoms with Gasteiger partial charge in [0.1, 0.15) is 5.82 Å². The van der Waals surface area contributed by atoms with E-state index in [1.165, 1.54) is 23.0 Å². The minimum atomic E-state index is -4.41. The number of rotatable bonds is 2. The molecule has 0 saturated carbocycles. The quantitative estimate of drug-likeness (QED) is 0.656. The van der Waals surface area contributed by atoms with Gasteiger partial charge >= 0.3 is 6.18 Å². The van der Waals surface area contributed by atoms with Crippen LogP contribution in [0.15, 0.2) is 28.9 Å². The molecule has 0 aliphatic heterocycles. The number of hydrogen-bond donors (Lipinski definition) is 1. The van der Waals surface area contributed by atoms with E-state index in [2.05, 4.69) is 31.0 Å². The summed E-state index contributed by atoms with van der Waals surface area (Å²) in [6.07, 6.45) is -2.93. The first-order chi connectivity index (χ1) is 10.8. The highest BCUT2D eigenvalue weighted by Gasteiger charge is 2.32. The molecule has 5 nitrogen and oxygen atoms in total. The van der Waals surface area contributed by atoms with Crippen molar-refractivity contribution in [2.24, 2.45) is 0 Å². The summed E-state index contributed by atoms with van der Waals surface area (Å²) in [5.41, 5.74) is 6.03. The van der Waals surface area contributed by atoms with Crippen molar-refractivity contribution in [1.29, 1.82) is 0 Å². The standard InChI is InChI=1S/C13H8BrClF3N5/c14-9-3-6(1-2-8(9)13(16,17)18)5-23-11-7(4-20-23)10(19)21-12(15)22-11/h1-4H,5H2,(H2,19,21,22). The summed E-state index contributed by atoms with van der Waals surface area (Å²) in [6, 6.07) is 3.79. The Morgan fingerprint density at radius 2 is 2.00 bits per heavy atom. The van der Waals surface area contributed by atoms with Crippen LogP contribution in [0.1, 0.15) is 11.1 Å². The zero-order valence-corrected chi connectivity index (χ0v) is 13.6. The molecule has 0 amide bonds. The van der Waals surface area contributed by atoms with E-state index >= 15 is 0 Å². The third-order valence-corrected chi connectivity index (χ3v) is 3.99. The zero-order valence-electron chi connectivity index (χ0n) is 11.3. The van der Waals surface area contributed by atoms with Crippen LogP contribution < -0.4 is 5.73 Å². The van der Waals surface area contributed by atoms with Crippen molar-refractivity contribution in [2.75, 3.05) is 5.73 Å². The van der Waals surface area contributed by atoms with E-state index in [1.807, 2.05) is 0 Å². The lowest BCUT2D eigenvalue weighted by Gasteiger charge is -2.11. The van der Waals surface area contributed by atoms with E-state index in [1.54, 1.807) is 0 Å². The van der Waals surface area contributed by atoms with E-state index in [9.17, 15) is 13.2 Å². The molecule has 2 N–H and O–H groups in total. The van der Waals surface area contributed by atoms with Crippen molar-refractivity contribution < 1.29 is 13.2 Å². The third-order valence-electron chi connectivity index (χ3n) is 3.17. The summed E-state index contributed by atoms with van der Waals surface area (Å²) in [7, 11) is 0. The monoisotopic (exact) mass is 405 g/mol. The van der Waals surface area contributed by atoms with Crippen molar-refractivity contribution in [3.8, 4) is 0 Å². The number of alkyl halides is 3. The van der Waals surface area contributed by atoms with Crippen LogP contribution in [0.3, 0.4) is 0 Å². The summed E-state index contributed by atoms with van der Waals surface area (Å²) >= 11 is 8.72. The first-order valence-corrected chi connectivity index (χ1v) is 7.43. The van der Waals surface area contributed by atoms with Gasteiger partial charge in [0.25, 0.3) is 0 Å². The van der Waals surface area contributed by atoms with Crippen LogP contribution in [0, 0.1) is 0 Å². The van der Waals surface area contributed by atoms with Gasteiger partial charge in [0.2, 0.25) is 5.28 Å². The first-order valence-electron chi connectivity index (χ1n) is 6.26. The number of nitrogens with zero attached hydrogens (tertiary/aromatic N) is 4. The largest absolute Gasteiger partial charge is 0.417 e. The molecule has 3 aromatic rings. The molecule has 0 bridgehead atoms. The Labute approximate surface area is 141 Å². The van der Waals surface area contributed by atoms with Gasteiger partial charge in [0.15, 0.2) is 5.65 Å². The number of anilines is 1. The molecular formula is C13H8BrClF3N5. The van der Waals surface area contributed by atoms with Gasteiger partial charge in [-0.1, -0.05) is 22.0 Å². The molecule has 0 fully saturated rings. The Balaban J connectivity index is 1.98. The van der Waals surface area contributed by atoms with Gasteiger partial charge in [-0.2, -0.15) is 23.3 Å². The van der Waals surface area contributed by atoms with Crippen LogP contribution in [0.5, 0.6) is 0 Å². The molecule has 120 valence electrons. The van der Waals surface area contributed by atoms with Crippen molar-refractivity contribution >= 4 is 44.4 Å². The highest BCUT2D eigenvalue weighted by atomic mass is 79.9. The molecule has 2 heterocycles. The van der Waals surface area contributed by atoms with E-state index in [-0.39, 0.29) is 22.1 Å². The zero-order chi connectivity index (χ0) is 16.8. The summed E-state index contributed by atoms with van der Waals surface area (Å²) in [6.45, 7) is 0.215. The minimum absolute atomic E-state index is 0.0228. The predicted octanol–water partition coefficient (Wildman–Crippen LogP) is 3.89. The number of aromatic nitrogens is 4. The molecule has 1 aromatic carbocycles. The lowest BCUT2D eigenvalue weighted by atomic mass is 10.1. The Morgan fingerprint density at radius 3 is 2.65 bits per heavy atom. The van der Waals surface area contributed by atoms with Crippen LogP contribution in [0.25, 0.3) is 11.0 Å². The van der Waals surface area contributed by atoms with Crippen LogP contribution in [0.4, 0.5) is 19.0 Å². The van der Waals surface area contributed by atoms with Gasteiger partial charge in [-0.25, -0.2) is 9.67 Å². The van der Waals surface area contributed by atoms with E-state index < -0.39 is 11.7 Å². The second-order valence-electron chi connectivity index (χ2n) is 4.73. The first kappa shape index (κ1) is 16.0. The maximum absolute atomic E-state index is 12.8. The molecule has 3 rings (SSSR count). The van der Waals surface area contributed by atoms with Crippen molar-refractivity contribution in [3.63, 3.8) is 0 Å². The Morgan fingerprint density at radius 1 is 1.26 bits per heavy atom. The van der Waals surface area contributed by atoms with Crippen molar-refractivity contribution in [2.45, 2.75) is 12.7 Å². The molecule has 0 radical (unpaired) electrons. The van der Waals surface area contributed by atoms with Gasteiger partial charge in [-0.15, -0.1) is 0 Å². The molecule has 0 atom stereocenters. The Kier molecular flexibility index (Phi) is 3.93. The molecular weight excluding hydrogens is 399 g/mol. The number of nitrogen functional groups attached to an aromatic ring is 1. The molecule has 0 aliphatic carbocycles. The molecule has 0 spiro atoms. The summed E-state index contributed by atoms with van der Waals surface area (Å²) in [5, 5.41) is 4.64. The second-order valence-corrected chi connectivity index (χ2v) is 5.92. The molecule has 0 saturated heterocycles. The van der Waals surface area contributed by atoms with Crippen LogP contribution in [0.2, 0.25) is 5.28 Å². The summed E-state index contributed by atoms with van der Waals surface area (Å²) < 4.78 is 39.7. The van der Waals surface area contributed by atoms with Gasteiger partial charge in [-0.05, 0) is 29.3 Å². The van der Waals surface area contributed by atoms with Gasteiger partial charge < -0.3 is 5.73 Å². The predicted molar refractivity (Wildman–Crippen MR) is 83.0 cm³/mol. The molecule has 0 aliphatic rings. The minimum Gasteiger partial charge on any atom is -0.383 e. The molecule has 10 heteroatoms. The van der Waals surface area contributed by atoms with Gasteiger partial charge in [0, 0.05) is 4.47 Å². The SMILES string of the molecule is Nc1nc(Cl)nc2c1cnn2Cc1ccc(C(F)(F)F)c(Br)c1. The lowest BCUT2D eigenvalue weighted by molar-refractivity contribution is -0.138. The van der Waals surface area contributed by atoms with E-state index in [4.69, 9.17) is 17.3 Å². The van der Waals surface area contributed by atoms with Crippen LogP contribution in [-0.4, -0.2) is 19.7 Å². The Bertz CT molecular complexity index is 893. The average Bonchev–Trinajstić information content (AvgIpc) is 2.80. The molecule has 0 unspecified atom stereocenters. The number of nitrogens with two attached hydrogens (primary N) is 1. The maximum Gasteiger partial charge on any atom is 0.417 e. The smallest absolute Gasteiger partial charge is 0.383 e. The van der Waals surface area contributed by atoms with Gasteiger partial charge in [0.05, 0.1) is 23.7 Å². The molecule has 2 aromatic heterocycles. The lowest BCUT2D eigenvalue weighted by Crippen LogP contribution is -2.08. The Hall–Kier alpha value is -1.87. The topological polar surface area (TPSA) is 69.6 Å². The number of benzene rings is 1. The summed E-state index contributed by atoms with van der Waals surface area (Å²) in [4.78, 5) is 7.88. The second kappa shape index (κ2) is 5.64. The van der Waals surface area contributed by atoms with Crippen molar-refractivity contribution in [1.82, 2.24) is 19.7 Å². The fourth-order valence-corrected chi connectivity index (χ4v) is 2.95. The summed E-state index contributed by atoms with van der Waals surface area (Å²) in [5.74, 6) is 0.194. The number of fused-ring (bicyclic) bond motifs is 1. The van der Waals surface area contributed by atoms with E-state index in [0.29, 0.717) is 16.6 Å². The third kappa shape index (κ3) is 3.11. The van der Waals surface area contributed by atoms with Crippen LogP contribution in [-0.2, 0) is 12.7 Å². The maximum atomic E-state index is 12.8. The fourth-order valence-electron chi connectivity index (χ4n) is 2.13. The highest BCUT2D eigenvalue weighted by Crippen LogP contribution is 2.35. The number of hydrogen-bond acceptors (Lipinski definition) is 4. The highest BCUT2D eigenvalue weighted by molar-refractivity contribution is 9.10. The molecule has 23 heavy (non-hydrogen) atoms.